The van der Waals surface area contributed by atoms with Crippen molar-refractivity contribution in [1.82, 2.24) is 5.32 Å². The summed E-state index contributed by atoms with van der Waals surface area (Å²) >= 11 is 0. The third kappa shape index (κ3) is 2.42. The topological polar surface area (TPSA) is 59.6 Å². The maximum absolute atomic E-state index is 11.9. The van der Waals surface area contributed by atoms with Crippen molar-refractivity contribution in [2.75, 3.05) is 19.8 Å². The van der Waals surface area contributed by atoms with Crippen LogP contribution in [0.25, 0.3) is 0 Å². The van der Waals surface area contributed by atoms with Gasteiger partial charge < -0.3 is 15.8 Å². The Balaban J connectivity index is 1.97. The highest BCUT2D eigenvalue weighted by molar-refractivity contribution is 5.80. The summed E-state index contributed by atoms with van der Waals surface area (Å²) in [6.45, 7) is 0.268. The van der Waals surface area contributed by atoms with E-state index in [-0.39, 0.29) is 12.6 Å². The van der Waals surface area contributed by atoms with Gasteiger partial charge in [-0.2, -0.15) is 0 Å². The van der Waals surface area contributed by atoms with Gasteiger partial charge in [-0.05, 0) is 17.7 Å². The van der Waals surface area contributed by atoms with E-state index in [2.05, 4.69) is 10.3 Å². The SMILES string of the molecule is NC1=NCC(c2ccc(OCCF)cc2)N1. The monoisotopic (exact) mass is 223 g/mol. The molecule has 0 radical (unpaired) electrons. The number of benzene rings is 1. The molecule has 1 aliphatic heterocycles. The van der Waals surface area contributed by atoms with Crippen molar-refractivity contribution in [3.05, 3.63) is 29.8 Å². The van der Waals surface area contributed by atoms with Crippen LogP contribution in [-0.4, -0.2) is 25.8 Å². The van der Waals surface area contributed by atoms with Crippen molar-refractivity contribution >= 4 is 5.96 Å². The zero-order valence-corrected chi connectivity index (χ0v) is 8.82. The third-order valence-electron chi connectivity index (χ3n) is 2.39. The van der Waals surface area contributed by atoms with E-state index in [1.54, 1.807) is 0 Å². The summed E-state index contributed by atoms with van der Waals surface area (Å²) in [6, 6.07) is 7.64. The van der Waals surface area contributed by atoms with Gasteiger partial charge in [0.1, 0.15) is 19.0 Å². The summed E-state index contributed by atoms with van der Waals surface area (Å²) in [6.07, 6.45) is 0. The smallest absolute Gasteiger partial charge is 0.189 e. The van der Waals surface area contributed by atoms with Crippen LogP contribution in [0.3, 0.4) is 0 Å². The Morgan fingerprint density at radius 3 is 2.75 bits per heavy atom. The number of nitrogens with one attached hydrogen (secondary N) is 1. The number of rotatable bonds is 4. The zero-order chi connectivity index (χ0) is 11.4. The lowest BCUT2D eigenvalue weighted by molar-refractivity contribution is 0.273. The Bertz CT molecular complexity index is 377. The van der Waals surface area contributed by atoms with Crippen molar-refractivity contribution in [3.63, 3.8) is 0 Å². The Labute approximate surface area is 93.3 Å². The van der Waals surface area contributed by atoms with E-state index in [1.165, 1.54) is 0 Å². The van der Waals surface area contributed by atoms with Crippen LogP contribution >= 0.6 is 0 Å². The Hall–Kier alpha value is -1.78. The molecule has 0 aromatic heterocycles. The van der Waals surface area contributed by atoms with E-state index >= 15 is 0 Å². The second-order valence-corrected chi connectivity index (χ2v) is 3.53. The quantitative estimate of drug-likeness (QED) is 0.800. The van der Waals surface area contributed by atoms with Crippen LogP contribution < -0.4 is 15.8 Å². The van der Waals surface area contributed by atoms with Gasteiger partial charge in [-0.3, -0.25) is 4.99 Å². The summed E-state index contributed by atoms with van der Waals surface area (Å²) in [5, 5.41) is 3.06. The summed E-state index contributed by atoms with van der Waals surface area (Å²) in [5.41, 5.74) is 6.62. The molecule has 3 N–H and O–H groups in total. The molecule has 0 aliphatic carbocycles. The average Bonchev–Trinajstić information content (AvgIpc) is 2.74. The Kier molecular flexibility index (Phi) is 3.24. The molecule has 2 rings (SSSR count). The fourth-order valence-corrected chi connectivity index (χ4v) is 1.60. The predicted octanol–water partition coefficient (Wildman–Crippen LogP) is 0.994. The number of alkyl halides is 1. The van der Waals surface area contributed by atoms with Crippen LogP contribution in [0.2, 0.25) is 0 Å². The third-order valence-corrected chi connectivity index (χ3v) is 2.39. The van der Waals surface area contributed by atoms with Gasteiger partial charge in [-0.1, -0.05) is 12.1 Å². The molecule has 0 amide bonds. The minimum Gasteiger partial charge on any atom is -0.491 e. The number of guanidine groups is 1. The molecule has 86 valence electrons. The van der Waals surface area contributed by atoms with Crippen molar-refractivity contribution < 1.29 is 9.13 Å². The van der Waals surface area contributed by atoms with E-state index in [4.69, 9.17) is 10.5 Å². The second kappa shape index (κ2) is 4.83. The summed E-state index contributed by atoms with van der Waals surface area (Å²) in [7, 11) is 0. The summed E-state index contributed by atoms with van der Waals surface area (Å²) in [4.78, 5) is 4.07. The lowest BCUT2D eigenvalue weighted by Gasteiger charge is -2.11. The van der Waals surface area contributed by atoms with Gasteiger partial charge in [0.25, 0.3) is 0 Å². The number of nitrogens with zero attached hydrogens (tertiary/aromatic N) is 1. The van der Waals surface area contributed by atoms with Crippen molar-refractivity contribution in [2.24, 2.45) is 10.7 Å². The molecule has 0 saturated heterocycles. The number of halogens is 1. The second-order valence-electron chi connectivity index (χ2n) is 3.53. The van der Waals surface area contributed by atoms with E-state index < -0.39 is 6.67 Å². The number of ether oxygens (including phenoxy) is 1. The molecular weight excluding hydrogens is 209 g/mol. The van der Waals surface area contributed by atoms with Gasteiger partial charge in [0.15, 0.2) is 5.96 Å². The molecule has 1 unspecified atom stereocenters. The predicted molar refractivity (Wildman–Crippen MR) is 60.3 cm³/mol. The first-order chi connectivity index (χ1) is 7.79. The lowest BCUT2D eigenvalue weighted by Crippen LogP contribution is -2.29. The maximum atomic E-state index is 11.9. The molecule has 1 aromatic carbocycles. The fourth-order valence-electron chi connectivity index (χ4n) is 1.60. The molecule has 16 heavy (non-hydrogen) atoms. The first kappa shape index (κ1) is 10.7. The molecular formula is C11H14FN3O. The Morgan fingerprint density at radius 2 is 2.19 bits per heavy atom. The standard InChI is InChI=1S/C11H14FN3O/c12-5-6-16-9-3-1-8(2-4-9)10-7-14-11(13)15-10/h1-4,10H,5-7H2,(H3,13,14,15). The molecule has 0 spiro atoms. The van der Waals surface area contributed by atoms with E-state index in [9.17, 15) is 4.39 Å². The fraction of sp³-hybridized carbons (Fsp3) is 0.364. The van der Waals surface area contributed by atoms with Crippen LogP contribution in [0.15, 0.2) is 29.3 Å². The molecule has 0 fully saturated rings. The van der Waals surface area contributed by atoms with Gasteiger partial charge in [0.05, 0.1) is 12.6 Å². The molecule has 1 atom stereocenters. The average molecular weight is 223 g/mol. The minimum absolute atomic E-state index is 0.0943. The zero-order valence-electron chi connectivity index (χ0n) is 8.82. The van der Waals surface area contributed by atoms with E-state index in [0.29, 0.717) is 18.3 Å². The van der Waals surface area contributed by atoms with E-state index in [0.717, 1.165) is 5.56 Å². The molecule has 5 heteroatoms. The van der Waals surface area contributed by atoms with Gasteiger partial charge in [0.2, 0.25) is 0 Å². The normalized spacial score (nSPS) is 19.1. The lowest BCUT2D eigenvalue weighted by atomic mass is 10.1. The van der Waals surface area contributed by atoms with E-state index in [1.807, 2.05) is 24.3 Å². The highest BCUT2D eigenvalue weighted by Gasteiger charge is 2.16. The highest BCUT2D eigenvalue weighted by Crippen LogP contribution is 2.19. The van der Waals surface area contributed by atoms with Crippen LogP contribution in [0.5, 0.6) is 5.75 Å². The van der Waals surface area contributed by atoms with Gasteiger partial charge in [-0.15, -0.1) is 0 Å². The molecule has 0 saturated carbocycles. The van der Waals surface area contributed by atoms with Gasteiger partial charge in [0, 0.05) is 0 Å². The summed E-state index contributed by atoms with van der Waals surface area (Å²) < 4.78 is 17.0. The minimum atomic E-state index is -0.476. The van der Waals surface area contributed by atoms with Crippen LogP contribution in [0.1, 0.15) is 11.6 Å². The van der Waals surface area contributed by atoms with Crippen molar-refractivity contribution in [3.8, 4) is 5.75 Å². The maximum Gasteiger partial charge on any atom is 0.189 e. The number of aliphatic imine (C=N–C) groups is 1. The molecule has 1 aromatic rings. The first-order valence-electron chi connectivity index (χ1n) is 5.15. The van der Waals surface area contributed by atoms with Crippen LogP contribution in [0, 0.1) is 0 Å². The van der Waals surface area contributed by atoms with Gasteiger partial charge in [-0.25, -0.2) is 4.39 Å². The van der Waals surface area contributed by atoms with Gasteiger partial charge >= 0.3 is 0 Å². The highest BCUT2D eigenvalue weighted by atomic mass is 19.1. The summed E-state index contributed by atoms with van der Waals surface area (Å²) in [5.74, 6) is 1.15. The van der Waals surface area contributed by atoms with Crippen LogP contribution in [0.4, 0.5) is 4.39 Å². The van der Waals surface area contributed by atoms with Crippen LogP contribution in [-0.2, 0) is 0 Å². The molecule has 1 heterocycles. The molecule has 1 aliphatic rings. The first-order valence-corrected chi connectivity index (χ1v) is 5.15. The number of hydrogen-bond donors (Lipinski definition) is 2. The number of nitrogens with two attached hydrogens (primary N) is 1. The molecule has 0 bridgehead atoms. The largest absolute Gasteiger partial charge is 0.491 e. The van der Waals surface area contributed by atoms with Crippen molar-refractivity contribution in [2.45, 2.75) is 6.04 Å². The molecule has 4 nitrogen and oxygen atoms in total. The Morgan fingerprint density at radius 1 is 1.44 bits per heavy atom. The number of hydrogen-bond acceptors (Lipinski definition) is 4. The van der Waals surface area contributed by atoms with Crippen molar-refractivity contribution in [1.29, 1.82) is 0 Å².